The van der Waals surface area contributed by atoms with Crippen molar-refractivity contribution in [1.82, 2.24) is 0 Å². The summed E-state index contributed by atoms with van der Waals surface area (Å²) in [4.78, 5) is 25.7. The van der Waals surface area contributed by atoms with E-state index in [1.807, 2.05) is 25.2 Å². The van der Waals surface area contributed by atoms with Crippen LogP contribution in [0.4, 0.5) is 0 Å². The SMILES string of the molecule is CC(C)=C/C=C/C(C)=C/C=C/C(C)=C1\C(=O)CC2[C@@]1(C)CC[C@H]1[C@](C)(C(=O)O)[C@@H](O)CC[C@]21C. The summed E-state index contributed by atoms with van der Waals surface area (Å²) in [6, 6.07) is 0. The molecule has 0 aliphatic heterocycles. The van der Waals surface area contributed by atoms with Crippen LogP contribution in [0.5, 0.6) is 0 Å². The highest BCUT2D eigenvalue weighted by Crippen LogP contribution is 2.69. The maximum Gasteiger partial charge on any atom is 0.312 e. The number of carbonyl (C=O) groups excluding carboxylic acids is 1. The Morgan fingerprint density at radius 3 is 2.21 bits per heavy atom. The lowest BCUT2D eigenvalue weighted by Crippen LogP contribution is -2.61. The summed E-state index contributed by atoms with van der Waals surface area (Å²) in [5, 5.41) is 20.8. The first-order chi connectivity index (χ1) is 15.8. The zero-order chi connectivity index (χ0) is 25.5. The molecule has 0 radical (unpaired) electrons. The first-order valence-electron chi connectivity index (χ1n) is 12.6. The molecule has 186 valence electrons. The minimum atomic E-state index is -1.17. The molecule has 3 saturated carbocycles. The Morgan fingerprint density at radius 2 is 1.59 bits per heavy atom. The summed E-state index contributed by atoms with van der Waals surface area (Å²) in [5.41, 5.74) is 2.60. The number of carbonyl (C=O) groups is 2. The zero-order valence-corrected chi connectivity index (χ0v) is 21.9. The second-order valence-electron chi connectivity index (χ2n) is 11.8. The van der Waals surface area contributed by atoms with Gasteiger partial charge in [0.25, 0.3) is 0 Å². The van der Waals surface area contributed by atoms with Crippen molar-refractivity contribution in [3.63, 3.8) is 0 Å². The normalized spacial score (nSPS) is 39.8. The molecule has 0 aromatic heterocycles. The highest BCUT2D eigenvalue weighted by Gasteiger charge is 2.67. The largest absolute Gasteiger partial charge is 0.481 e. The van der Waals surface area contributed by atoms with Gasteiger partial charge in [-0.1, -0.05) is 61.4 Å². The fourth-order valence-electron chi connectivity index (χ4n) is 7.43. The molecule has 0 saturated heterocycles. The van der Waals surface area contributed by atoms with E-state index in [2.05, 4.69) is 52.8 Å². The molecule has 2 N–H and O–H groups in total. The Kier molecular flexibility index (Phi) is 7.34. The van der Waals surface area contributed by atoms with Gasteiger partial charge in [-0.05, 0) is 83.1 Å². The average molecular weight is 467 g/mol. The lowest BCUT2D eigenvalue weighted by molar-refractivity contribution is -0.194. The van der Waals surface area contributed by atoms with Crippen LogP contribution in [0.25, 0.3) is 0 Å². The number of allylic oxidation sites excluding steroid dienone is 10. The fourth-order valence-corrected chi connectivity index (χ4v) is 7.43. The molecular formula is C30H42O4. The number of aliphatic hydroxyl groups excluding tert-OH is 1. The van der Waals surface area contributed by atoms with Crippen LogP contribution in [0.1, 0.15) is 80.6 Å². The number of aliphatic hydroxyl groups is 1. The fraction of sp³-hybridized carbons (Fsp3) is 0.600. The lowest BCUT2D eigenvalue weighted by atomic mass is 9.43. The first kappa shape index (κ1) is 26.4. The van der Waals surface area contributed by atoms with Crippen molar-refractivity contribution in [3.8, 4) is 0 Å². The van der Waals surface area contributed by atoms with Crippen LogP contribution in [0.15, 0.2) is 58.7 Å². The summed E-state index contributed by atoms with van der Waals surface area (Å²) in [5.74, 6) is -0.760. The molecule has 0 aromatic rings. The minimum absolute atomic E-state index is 0.0973. The molecule has 3 aliphatic carbocycles. The number of carboxylic acids is 1. The van der Waals surface area contributed by atoms with Gasteiger partial charge < -0.3 is 10.2 Å². The van der Waals surface area contributed by atoms with Gasteiger partial charge in [0.2, 0.25) is 0 Å². The first-order valence-corrected chi connectivity index (χ1v) is 12.6. The number of hydrogen-bond acceptors (Lipinski definition) is 3. The highest BCUT2D eigenvalue weighted by molar-refractivity contribution is 6.01. The van der Waals surface area contributed by atoms with E-state index in [9.17, 15) is 19.8 Å². The number of fused-ring (bicyclic) bond motifs is 3. The van der Waals surface area contributed by atoms with Gasteiger partial charge in [-0.15, -0.1) is 0 Å². The van der Waals surface area contributed by atoms with Crippen molar-refractivity contribution in [2.75, 3.05) is 0 Å². The number of hydrogen-bond donors (Lipinski definition) is 2. The summed E-state index contributed by atoms with van der Waals surface area (Å²) >= 11 is 0. The van der Waals surface area contributed by atoms with Crippen LogP contribution in [0, 0.1) is 28.1 Å². The molecule has 0 heterocycles. The molecule has 0 bridgehead atoms. The summed E-state index contributed by atoms with van der Waals surface area (Å²) in [7, 11) is 0. The van der Waals surface area contributed by atoms with Gasteiger partial charge in [0.15, 0.2) is 5.78 Å². The predicted molar refractivity (Wildman–Crippen MR) is 137 cm³/mol. The van der Waals surface area contributed by atoms with Crippen LogP contribution >= 0.6 is 0 Å². The molecule has 4 heteroatoms. The molecule has 6 atom stereocenters. The molecule has 0 spiro atoms. The summed E-state index contributed by atoms with van der Waals surface area (Å²) in [6.45, 7) is 14.3. The second kappa shape index (κ2) is 9.45. The van der Waals surface area contributed by atoms with E-state index in [0.717, 1.165) is 29.6 Å². The van der Waals surface area contributed by atoms with E-state index in [0.29, 0.717) is 19.3 Å². The topological polar surface area (TPSA) is 74.6 Å². The van der Waals surface area contributed by atoms with E-state index < -0.39 is 17.5 Å². The third kappa shape index (κ3) is 4.30. The molecule has 3 fully saturated rings. The van der Waals surface area contributed by atoms with E-state index in [1.165, 1.54) is 5.57 Å². The van der Waals surface area contributed by atoms with Crippen molar-refractivity contribution in [1.29, 1.82) is 0 Å². The molecule has 4 nitrogen and oxygen atoms in total. The van der Waals surface area contributed by atoms with Crippen LogP contribution in [-0.2, 0) is 9.59 Å². The Hall–Kier alpha value is -2.20. The lowest BCUT2D eigenvalue weighted by Gasteiger charge is -2.61. The van der Waals surface area contributed by atoms with Gasteiger partial charge in [-0.25, -0.2) is 0 Å². The number of rotatable bonds is 5. The smallest absolute Gasteiger partial charge is 0.312 e. The maximum atomic E-state index is 13.4. The number of aliphatic carboxylic acids is 1. The van der Waals surface area contributed by atoms with Gasteiger partial charge >= 0.3 is 5.97 Å². The van der Waals surface area contributed by atoms with Crippen LogP contribution in [-0.4, -0.2) is 28.1 Å². The third-order valence-electron chi connectivity index (χ3n) is 9.27. The number of carboxylic acid groups (broad SMARTS) is 1. The standard InChI is InChI=1S/C30H42O4/c1-19(2)10-8-11-20(3)12-9-13-21(4)26-22(31)18-24-28(5)17-15-25(32)30(7,27(33)34)23(28)14-16-29(24,26)6/h8-13,23-25,32H,14-18H2,1-7H3,(H,33,34)/b11-8+,13-9+,20-12+,26-21+/t23-,24?,25+,28+,29-,30+/m1/s1. The molecule has 1 unspecified atom stereocenters. The Balaban J connectivity index is 1.93. The van der Waals surface area contributed by atoms with Gasteiger partial charge in [0.1, 0.15) is 0 Å². The van der Waals surface area contributed by atoms with Gasteiger partial charge in [0.05, 0.1) is 11.5 Å². The number of Topliss-reactive ketones (excluding diaryl/α,β-unsaturated/α-hetero) is 1. The van der Waals surface area contributed by atoms with Crippen molar-refractivity contribution < 1.29 is 19.8 Å². The van der Waals surface area contributed by atoms with Gasteiger partial charge in [-0.2, -0.15) is 0 Å². The van der Waals surface area contributed by atoms with Crippen LogP contribution in [0.2, 0.25) is 0 Å². The maximum absolute atomic E-state index is 13.4. The van der Waals surface area contributed by atoms with E-state index in [4.69, 9.17) is 0 Å². The van der Waals surface area contributed by atoms with Crippen molar-refractivity contribution in [2.45, 2.75) is 86.7 Å². The molecule has 34 heavy (non-hydrogen) atoms. The van der Waals surface area contributed by atoms with Crippen molar-refractivity contribution in [2.24, 2.45) is 28.1 Å². The molecule has 0 amide bonds. The second-order valence-corrected chi connectivity index (χ2v) is 11.8. The van der Waals surface area contributed by atoms with E-state index >= 15 is 0 Å². The third-order valence-corrected chi connectivity index (χ3v) is 9.27. The molecular weight excluding hydrogens is 424 g/mol. The number of ketones is 1. The van der Waals surface area contributed by atoms with Crippen molar-refractivity contribution >= 4 is 11.8 Å². The van der Waals surface area contributed by atoms with E-state index in [-0.39, 0.29) is 28.4 Å². The van der Waals surface area contributed by atoms with Gasteiger partial charge in [0, 0.05) is 17.4 Å². The van der Waals surface area contributed by atoms with Gasteiger partial charge in [-0.3, -0.25) is 9.59 Å². The zero-order valence-electron chi connectivity index (χ0n) is 21.9. The minimum Gasteiger partial charge on any atom is -0.481 e. The van der Waals surface area contributed by atoms with Crippen molar-refractivity contribution in [3.05, 3.63) is 58.7 Å². The Morgan fingerprint density at radius 1 is 0.941 bits per heavy atom. The van der Waals surface area contributed by atoms with E-state index in [1.54, 1.807) is 6.92 Å². The molecule has 0 aromatic carbocycles. The molecule has 3 aliphatic rings. The van der Waals surface area contributed by atoms with Crippen LogP contribution in [0.3, 0.4) is 0 Å². The quantitative estimate of drug-likeness (QED) is 0.354. The molecule has 3 rings (SSSR count). The monoisotopic (exact) mass is 466 g/mol. The van der Waals surface area contributed by atoms with Crippen LogP contribution < -0.4 is 0 Å². The Bertz CT molecular complexity index is 1000. The highest BCUT2D eigenvalue weighted by atomic mass is 16.4. The Labute approximate surface area is 205 Å². The summed E-state index contributed by atoms with van der Waals surface area (Å²) < 4.78 is 0. The predicted octanol–water partition coefficient (Wildman–Crippen LogP) is 6.59. The average Bonchev–Trinajstić information content (AvgIpc) is 3.02. The summed E-state index contributed by atoms with van der Waals surface area (Å²) in [6.07, 6.45) is 14.6.